The molecule has 1 atom stereocenters. The van der Waals surface area contributed by atoms with Gasteiger partial charge in [0.2, 0.25) is 5.91 Å². The van der Waals surface area contributed by atoms with Gasteiger partial charge in [-0.05, 0) is 25.3 Å². The van der Waals surface area contributed by atoms with Crippen LogP contribution in [0.4, 0.5) is 0 Å². The average molecular weight is 256 g/mol. The first-order valence-electron chi connectivity index (χ1n) is 6.75. The molecule has 1 aliphatic rings. The third kappa shape index (κ3) is 6.00. The van der Waals surface area contributed by atoms with Crippen LogP contribution in [0.2, 0.25) is 0 Å². The van der Waals surface area contributed by atoms with Crippen LogP contribution < -0.4 is 5.32 Å². The van der Waals surface area contributed by atoms with E-state index in [1.54, 1.807) is 6.92 Å². The third-order valence-electron chi connectivity index (χ3n) is 3.25. The van der Waals surface area contributed by atoms with Gasteiger partial charge >= 0.3 is 5.97 Å². The fourth-order valence-corrected chi connectivity index (χ4v) is 2.14. The number of carboxylic acids is 1. The number of nitrogens with one attached hydrogen (secondary N) is 1. The molecule has 0 heterocycles. The molecule has 18 heavy (non-hydrogen) atoms. The topological polar surface area (TPSA) is 69.6 Å². The molecule has 1 saturated carbocycles. The summed E-state index contributed by atoms with van der Waals surface area (Å²) < 4.78 is 0. The van der Waals surface area contributed by atoms with Crippen LogP contribution in [0.1, 0.15) is 39.5 Å². The summed E-state index contributed by atoms with van der Waals surface area (Å²) in [6.45, 7) is 6.49. The number of hydrogen-bond donors (Lipinski definition) is 2. The highest BCUT2D eigenvalue weighted by Gasteiger charge is 2.27. The first-order chi connectivity index (χ1) is 8.52. The summed E-state index contributed by atoms with van der Waals surface area (Å²) in [6, 6.07) is 0.720. The molecular formula is C13H24N2O3. The van der Waals surface area contributed by atoms with Crippen LogP contribution in [-0.2, 0) is 9.59 Å². The third-order valence-corrected chi connectivity index (χ3v) is 3.25. The monoisotopic (exact) mass is 256 g/mol. The molecule has 104 valence electrons. The Balaban J connectivity index is 2.10. The SMILES string of the molecule is CCN(CCNC(=O)CC(C)CC(=O)O)C1CC1. The Hall–Kier alpha value is -1.10. The maximum atomic E-state index is 11.6. The van der Waals surface area contributed by atoms with Crippen molar-refractivity contribution in [2.75, 3.05) is 19.6 Å². The second kappa shape index (κ2) is 7.36. The first kappa shape index (κ1) is 15.0. The molecule has 1 rings (SSSR count). The lowest BCUT2D eigenvalue weighted by Crippen LogP contribution is -2.36. The molecule has 2 N–H and O–H groups in total. The van der Waals surface area contributed by atoms with E-state index in [0.717, 1.165) is 19.1 Å². The van der Waals surface area contributed by atoms with Crippen molar-refractivity contribution >= 4 is 11.9 Å². The summed E-state index contributed by atoms with van der Waals surface area (Å²) in [7, 11) is 0. The van der Waals surface area contributed by atoms with E-state index < -0.39 is 5.97 Å². The van der Waals surface area contributed by atoms with Crippen LogP contribution in [0.5, 0.6) is 0 Å². The maximum absolute atomic E-state index is 11.6. The molecule has 0 aliphatic heterocycles. The van der Waals surface area contributed by atoms with Crippen molar-refractivity contribution in [3.63, 3.8) is 0 Å². The molecule has 0 radical (unpaired) electrons. The quantitative estimate of drug-likeness (QED) is 0.648. The minimum Gasteiger partial charge on any atom is -0.481 e. The van der Waals surface area contributed by atoms with Crippen molar-refractivity contribution in [3.05, 3.63) is 0 Å². The molecule has 0 aromatic heterocycles. The number of carbonyl (C=O) groups excluding carboxylic acids is 1. The highest BCUT2D eigenvalue weighted by molar-refractivity contribution is 5.77. The zero-order valence-corrected chi connectivity index (χ0v) is 11.3. The van der Waals surface area contributed by atoms with Gasteiger partial charge in [0.05, 0.1) is 0 Å². The molecule has 0 bridgehead atoms. The van der Waals surface area contributed by atoms with Gasteiger partial charge in [-0.2, -0.15) is 0 Å². The van der Waals surface area contributed by atoms with Gasteiger partial charge in [0.1, 0.15) is 0 Å². The Morgan fingerprint density at radius 2 is 2.06 bits per heavy atom. The highest BCUT2D eigenvalue weighted by Crippen LogP contribution is 2.25. The van der Waals surface area contributed by atoms with Gasteiger partial charge in [0.15, 0.2) is 0 Å². The van der Waals surface area contributed by atoms with E-state index in [4.69, 9.17) is 5.11 Å². The second-order valence-electron chi connectivity index (χ2n) is 5.12. The normalized spacial score (nSPS) is 16.6. The summed E-state index contributed by atoms with van der Waals surface area (Å²) in [6.07, 6.45) is 2.90. The predicted molar refractivity (Wildman–Crippen MR) is 69.3 cm³/mol. The van der Waals surface area contributed by atoms with E-state index >= 15 is 0 Å². The van der Waals surface area contributed by atoms with E-state index in [2.05, 4.69) is 17.1 Å². The minimum absolute atomic E-state index is 0.0457. The molecule has 0 aromatic rings. The van der Waals surface area contributed by atoms with Crippen molar-refractivity contribution in [1.82, 2.24) is 10.2 Å². The van der Waals surface area contributed by atoms with Crippen molar-refractivity contribution in [1.29, 1.82) is 0 Å². The minimum atomic E-state index is -0.846. The van der Waals surface area contributed by atoms with Crippen LogP contribution in [0, 0.1) is 5.92 Å². The van der Waals surface area contributed by atoms with Gasteiger partial charge in [-0.1, -0.05) is 13.8 Å². The lowest BCUT2D eigenvalue weighted by molar-refractivity contribution is -0.138. The molecule has 5 heteroatoms. The van der Waals surface area contributed by atoms with Gasteiger partial charge in [-0.15, -0.1) is 0 Å². The van der Waals surface area contributed by atoms with Crippen LogP contribution in [0.3, 0.4) is 0 Å². The number of carboxylic acid groups (broad SMARTS) is 1. The zero-order chi connectivity index (χ0) is 13.5. The van der Waals surface area contributed by atoms with E-state index in [1.165, 1.54) is 12.8 Å². The number of likely N-dealkylation sites (N-methyl/N-ethyl adjacent to an activating group) is 1. The molecule has 0 spiro atoms. The van der Waals surface area contributed by atoms with Crippen molar-refractivity contribution < 1.29 is 14.7 Å². The van der Waals surface area contributed by atoms with Crippen LogP contribution >= 0.6 is 0 Å². The van der Waals surface area contributed by atoms with E-state index in [-0.39, 0.29) is 18.2 Å². The van der Waals surface area contributed by atoms with Gasteiger partial charge in [-0.3, -0.25) is 14.5 Å². The van der Waals surface area contributed by atoms with Crippen LogP contribution in [0.25, 0.3) is 0 Å². The summed E-state index contributed by atoms with van der Waals surface area (Å²) in [5.74, 6) is -0.995. The molecule has 5 nitrogen and oxygen atoms in total. The number of rotatable bonds is 9. The summed E-state index contributed by atoms with van der Waals surface area (Å²) in [5.41, 5.74) is 0. The summed E-state index contributed by atoms with van der Waals surface area (Å²) in [5, 5.41) is 11.5. The molecular weight excluding hydrogens is 232 g/mol. The Morgan fingerprint density at radius 1 is 1.39 bits per heavy atom. The number of nitrogens with zero attached hydrogens (tertiary/aromatic N) is 1. The lowest BCUT2D eigenvalue weighted by atomic mass is 10.0. The Morgan fingerprint density at radius 3 is 2.56 bits per heavy atom. The van der Waals surface area contributed by atoms with E-state index in [0.29, 0.717) is 13.0 Å². The Kier molecular flexibility index (Phi) is 6.12. The number of hydrogen-bond acceptors (Lipinski definition) is 3. The smallest absolute Gasteiger partial charge is 0.303 e. The number of aliphatic carboxylic acids is 1. The highest BCUT2D eigenvalue weighted by atomic mass is 16.4. The van der Waals surface area contributed by atoms with Crippen LogP contribution in [-0.4, -0.2) is 47.6 Å². The molecule has 0 saturated heterocycles. The fraction of sp³-hybridized carbons (Fsp3) is 0.846. The van der Waals surface area contributed by atoms with E-state index in [1.807, 2.05) is 0 Å². The molecule has 1 unspecified atom stereocenters. The Bertz CT molecular complexity index is 290. The Labute approximate surface area is 109 Å². The largest absolute Gasteiger partial charge is 0.481 e. The number of carbonyl (C=O) groups is 2. The maximum Gasteiger partial charge on any atom is 0.303 e. The number of amides is 1. The lowest BCUT2D eigenvalue weighted by Gasteiger charge is -2.20. The van der Waals surface area contributed by atoms with Crippen molar-refractivity contribution in [3.8, 4) is 0 Å². The van der Waals surface area contributed by atoms with Crippen LogP contribution in [0.15, 0.2) is 0 Å². The van der Waals surface area contributed by atoms with Gasteiger partial charge < -0.3 is 10.4 Å². The fourth-order valence-electron chi connectivity index (χ4n) is 2.14. The summed E-state index contributed by atoms with van der Waals surface area (Å²) >= 11 is 0. The standard InChI is InChI=1S/C13H24N2O3/c1-3-15(11-4-5-11)7-6-14-12(16)8-10(2)9-13(17)18/h10-11H,3-9H2,1-2H3,(H,14,16)(H,17,18). The molecule has 1 aliphatic carbocycles. The van der Waals surface area contributed by atoms with Gasteiger partial charge in [-0.25, -0.2) is 0 Å². The average Bonchev–Trinajstić information content (AvgIpc) is 3.06. The van der Waals surface area contributed by atoms with Gasteiger partial charge in [0.25, 0.3) is 0 Å². The van der Waals surface area contributed by atoms with E-state index in [9.17, 15) is 9.59 Å². The zero-order valence-electron chi connectivity index (χ0n) is 11.3. The molecule has 1 amide bonds. The molecule has 1 fully saturated rings. The van der Waals surface area contributed by atoms with Crippen molar-refractivity contribution in [2.24, 2.45) is 5.92 Å². The van der Waals surface area contributed by atoms with Crippen molar-refractivity contribution in [2.45, 2.75) is 45.6 Å². The summed E-state index contributed by atoms with van der Waals surface area (Å²) in [4.78, 5) is 24.4. The molecule has 0 aromatic carbocycles. The second-order valence-corrected chi connectivity index (χ2v) is 5.12. The van der Waals surface area contributed by atoms with Gasteiger partial charge in [0, 0.05) is 32.0 Å². The first-order valence-corrected chi connectivity index (χ1v) is 6.75. The predicted octanol–water partition coefficient (Wildman–Crippen LogP) is 1.09.